The molecule has 144 valence electrons. The van der Waals surface area contributed by atoms with Crippen LogP contribution in [0.5, 0.6) is 5.75 Å². The third-order valence-corrected chi connectivity index (χ3v) is 5.68. The number of aromatic hydroxyl groups is 1. The smallest absolute Gasteiger partial charge is 0.227 e. The molecule has 4 rings (SSSR count). The van der Waals surface area contributed by atoms with Crippen LogP contribution in [0.1, 0.15) is 18.4 Å². The first-order valence-electron chi connectivity index (χ1n) is 9.58. The fourth-order valence-electron chi connectivity index (χ4n) is 3.87. The van der Waals surface area contributed by atoms with E-state index in [1.807, 2.05) is 0 Å². The number of hydrogen-bond donors (Lipinski definition) is 2. The van der Waals surface area contributed by atoms with Crippen LogP contribution in [0, 0.1) is 5.92 Å². The van der Waals surface area contributed by atoms with Crippen LogP contribution in [0.15, 0.2) is 60.7 Å². The number of anilines is 1. The monoisotopic (exact) mass is 394 g/mol. The Kier molecular flexibility index (Phi) is 5.51. The topological polar surface area (TPSA) is 52.6 Å². The van der Waals surface area contributed by atoms with E-state index in [0.29, 0.717) is 10.7 Å². The number of amides is 1. The minimum atomic E-state index is -0.0536. The van der Waals surface area contributed by atoms with E-state index in [-0.39, 0.29) is 17.6 Å². The lowest BCUT2D eigenvalue weighted by Gasteiger charge is -2.31. The highest BCUT2D eigenvalue weighted by Crippen LogP contribution is 2.29. The molecule has 1 fully saturated rings. The summed E-state index contributed by atoms with van der Waals surface area (Å²) in [5.41, 5.74) is 1.69. The van der Waals surface area contributed by atoms with Gasteiger partial charge in [-0.15, -0.1) is 0 Å². The van der Waals surface area contributed by atoms with Crippen molar-refractivity contribution in [3.63, 3.8) is 0 Å². The van der Waals surface area contributed by atoms with Crippen LogP contribution in [-0.2, 0) is 11.3 Å². The SMILES string of the molecule is O=C(Nc1cc(Cl)ccc1O)C1CCN(Cc2cccc3ccccc23)CC1. The Bertz CT molecular complexity index is 992. The Morgan fingerprint density at radius 2 is 1.82 bits per heavy atom. The zero-order chi connectivity index (χ0) is 19.5. The number of carbonyl (C=O) groups excluding carboxylic acids is 1. The van der Waals surface area contributed by atoms with Crippen molar-refractivity contribution in [1.82, 2.24) is 4.90 Å². The lowest BCUT2D eigenvalue weighted by molar-refractivity contribution is -0.121. The van der Waals surface area contributed by atoms with Crippen molar-refractivity contribution in [2.75, 3.05) is 18.4 Å². The highest BCUT2D eigenvalue weighted by Gasteiger charge is 2.25. The van der Waals surface area contributed by atoms with Crippen LogP contribution >= 0.6 is 11.6 Å². The quantitative estimate of drug-likeness (QED) is 0.609. The number of phenols is 1. The summed E-state index contributed by atoms with van der Waals surface area (Å²) in [6, 6.07) is 19.5. The second kappa shape index (κ2) is 8.21. The lowest BCUT2D eigenvalue weighted by Crippen LogP contribution is -2.37. The number of fused-ring (bicyclic) bond motifs is 1. The van der Waals surface area contributed by atoms with Gasteiger partial charge in [0.1, 0.15) is 5.75 Å². The molecule has 0 spiro atoms. The number of halogens is 1. The van der Waals surface area contributed by atoms with Gasteiger partial charge in [-0.05, 0) is 60.5 Å². The van der Waals surface area contributed by atoms with E-state index in [1.54, 1.807) is 12.1 Å². The molecule has 0 atom stereocenters. The molecule has 4 nitrogen and oxygen atoms in total. The predicted octanol–water partition coefficient (Wildman–Crippen LogP) is 5.05. The number of benzene rings is 3. The Labute approximate surface area is 169 Å². The minimum Gasteiger partial charge on any atom is -0.506 e. The van der Waals surface area contributed by atoms with Crippen LogP contribution in [-0.4, -0.2) is 29.0 Å². The Morgan fingerprint density at radius 1 is 1.07 bits per heavy atom. The minimum absolute atomic E-state index is 0.0335. The van der Waals surface area contributed by atoms with Gasteiger partial charge >= 0.3 is 0 Å². The summed E-state index contributed by atoms with van der Waals surface area (Å²) in [6.07, 6.45) is 1.61. The predicted molar refractivity (Wildman–Crippen MR) is 114 cm³/mol. The first kappa shape index (κ1) is 18.8. The zero-order valence-electron chi connectivity index (χ0n) is 15.6. The van der Waals surface area contributed by atoms with Crippen molar-refractivity contribution < 1.29 is 9.90 Å². The normalized spacial score (nSPS) is 15.6. The summed E-state index contributed by atoms with van der Waals surface area (Å²) < 4.78 is 0. The van der Waals surface area contributed by atoms with Crippen LogP contribution in [0.25, 0.3) is 10.8 Å². The Hall–Kier alpha value is -2.56. The maximum Gasteiger partial charge on any atom is 0.227 e. The Morgan fingerprint density at radius 3 is 2.64 bits per heavy atom. The second-order valence-corrected chi connectivity index (χ2v) is 7.78. The summed E-state index contributed by atoms with van der Waals surface area (Å²) in [5.74, 6) is -0.0735. The lowest BCUT2D eigenvalue weighted by atomic mass is 9.95. The fraction of sp³-hybridized carbons (Fsp3) is 0.261. The first-order valence-corrected chi connectivity index (χ1v) is 9.96. The van der Waals surface area contributed by atoms with Gasteiger partial charge in [0, 0.05) is 17.5 Å². The number of likely N-dealkylation sites (tertiary alicyclic amines) is 1. The van der Waals surface area contributed by atoms with Crippen LogP contribution in [0.2, 0.25) is 5.02 Å². The molecule has 0 unspecified atom stereocenters. The van der Waals surface area contributed by atoms with Crippen LogP contribution < -0.4 is 5.32 Å². The van der Waals surface area contributed by atoms with Gasteiger partial charge in [0.15, 0.2) is 0 Å². The molecular formula is C23H23ClN2O2. The summed E-state index contributed by atoms with van der Waals surface area (Å²) in [4.78, 5) is 15.0. The van der Waals surface area contributed by atoms with Gasteiger partial charge in [-0.1, -0.05) is 54.1 Å². The van der Waals surface area contributed by atoms with Crippen molar-refractivity contribution in [3.8, 4) is 5.75 Å². The number of nitrogens with one attached hydrogen (secondary N) is 1. The fourth-order valence-corrected chi connectivity index (χ4v) is 4.04. The number of rotatable bonds is 4. The third kappa shape index (κ3) is 4.13. The zero-order valence-corrected chi connectivity index (χ0v) is 16.3. The molecule has 0 aromatic heterocycles. The Balaban J connectivity index is 1.36. The standard InChI is InChI=1S/C23H23ClN2O2/c24-19-8-9-22(27)21(14-19)25-23(28)17-10-12-26(13-11-17)15-18-6-3-5-16-4-1-2-7-20(16)18/h1-9,14,17,27H,10-13,15H2,(H,25,28). The number of nitrogens with zero attached hydrogens (tertiary/aromatic N) is 1. The average molecular weight is 395 g/mol. The molecule has 0 aliphatic carbocycles. The number of hydrogen-bond acceptors (Lipinski definition) is 3. The van der Waals surface area contributed by atoms with E-state index in [1.165, 1.54) is 22.4 Å². The molecule has 3 aromatic carbocycles. The molecule has 5 heteroatoms. The molecule has 1 heterocycles. The molecule has 1 saturated heterocycles. The van der Waals surface area contributed by atoms with Crippen molar-refractivity contribution >= 4 is 34.0 Å². The van der Waals surface area contributed by atoms with E-state index in [2.05, 4.69) is 52.7 Å². The van der Waals surface area contributed by atoms with E-state index < -0.39 is 0 Å². The second-order valence-electron chi connectivity index (χ2n) is 7.34. The summed E-state index contributed by atoms with van der Waals surface area (Å²) in [5, 5.41) is 15.7. The summed E-state index contributed by atoms with van der Waals surface area (Å²) in [6.45, 7) is 2.65. The number of phenolic OH excluding ortho intramolecular Hbond substituents is 1. The van der Waals surface area contributed by atoms with Gasteiger partial charge in [-0.2, -0.15) is 0 Å². The van der Waals surface area contributed by atoms with Gasteiger partial charge in [0.25, 0.3) is 0 Å². The molecule has 2 N–H and O–H groups in total. The highest BCUT2D eigenvalue weighted by atomic mass is 35.5. The molecule has 1 aliphatic heterocycles. The molecular weight excluding hydrogens is 372 g/mol. The van der Waals surface area contributed by atoms with Gasteiger partial charge in [0.05, 0.1) is 5.69 Å². The van der Waals surface area contributed by atoms with E-state index >= 15 is 0 Å². The van der Waals surface area contributed by atoms with Gasteiger partial charge < -0.3 is 10.4 Å². The molecule has 3 aromatic rings. The molecule has 1 amide bonds. The third-order valence-electron chi connectivity index (χ3n) is 5.45. The highest BCUT2D eigenvalue weighted by molar-refractivity contribution is 6.31. The number of carbonyl (C=O) groups is 1. The number of piperidine rings is 1. The van der Waals surface area contributed by atoms with E-state index in [9.17, 15) is 9.90 Å². The molecule has 0 bridgehead atoms. The molecule has 28 heavy (non-hydrogen) atoms. The van der Waals surface area contributed by atoms with Gasteiger partial charge in [-0.25, -0.2) is 0 Å². The van der Waals surface area contributed by atoms with E-state index in [0.717, 1.165) is 32.5 Å². The van der Waals surface area contributed by atoms with Gasteiger partial charge in [0.2, 0.25) is 5.91 Å². The van der Waals surface area contributed by atoms with Crippen molar-refractivity contribution in [3.05, 3.63) is 71.2 Å². The largest absolute Gasteiger partial charge is 0.506 e. The van der Waals surface area contributed by atoms with Crippen molar-refractivity contribution in [1.29, 1.82) is 0 Å². The van der Waals surface area contributed by atoms with Crippen LogP contribution in [0.3, 0.4) is 0 Å². The average Bonchev–Trinajstić information content (AvgIpc) is 2.71. The van der Waals surface area contributed by atoms with Crippen LogP contribution in [0.4, 0.5) is 5.69 Å². The van der Waals surface area contributed by atoms with Crippen molar-refractivity contribution in [2.45, 2.75) is 19.4 Å². The van der Waals surface area contributed by atoms with E-state index in [4.69, 9.17) is 11.6 Å². The summed E-state index contributed by atoms with van der Waals surface area (Å²) in [7, 11) is 0. The van der Waals surface area contributed by atoms with Crippen molar-refractivity contribution in [2.24, 2.45) is 5.92 Å². The molecule has 0 saturated carbocycles. The first-order chi connectivity index (χ1) is 13.6. The maximum absolute atomic E-state index is 12.6. The van der Waals surface area contributed by atoms with Gasteiger partial charge in [-0.3, -0.25) is 9.69 Å². The molecule has 0 radical (unpaired) electrons. The maximum atomic E-state index is 12.6. The molecule has 1 aliphatic rings. The summed E-state index contributed by atoms with van der Waals surface area (Å²) >= 11 is 5.95.